The van der Waals surface area contributed by atoms with Gasteiger partial charge in [-0.25, -0.2) is 13.8 Å². The first-order valence-electron chi connectivity index (χ1n) is 10.0. The van der Waals surface area contributed by atoms with E-state index in [4.69, 9.17) is 0 Å². The van der Waals surface area contributed by atoms with E-state index in [2.05, 4.69) is 20.6 Å². The highest BCUT2D eigenvalue weighted by Gasteiger charge is 2.21. The van der Waals surface area contributed by atoms with Crippen molar-refractivity contribution in [3.8, 4) is 0 Å². The monoisotopic (exact) mass is 408 g/mol. The van der Waals surface area contributed by atoms with Crippen molar-refractivity contribution in [2.75, 3.05) is 18.4 Å². The van der Waals surface area contributed by atoms with Gasteiger partial charge < -0.3 is 15.6 Å². The van der Waals surface area contributed by atoms with Crippen LogP contribution >= 0.6 is 11.8 Å². The molecular formula is C20H26F2N4OS. The zero-order valence-corrected chi connectivity index (χ0v) is 16.6. The Morgan fingerprint density at radius 2 is 2.07 bits per heavy atom. The Hall–Kier alpha value is -1.67. The van der Waals surface area contributed by atoms with E-state index in [1.165, 1.54) is 18.9 Å². The zero-order valence-electron chi connectivity index (χ0n) is 15.8. The molecule has 1 aromatic carbocycles. The van der Waals surface area contributed by atoms with Gasteiger partial charge in [0.2, 0.25) is 0 Å². The van der Waals surface area contributed by atoms with Crippen LogP contribution in [-0.4, -0.2) is 40.5 Å². The van der Waals surface area contributed by atoms with Gasteiger partial charge in [-0.05, 0) is 44.4 Å². The molecule has 2 heterocycles. The highest BCUT2D eigenvalue weighted by molar-refractivity contribution is 7.99. The Morgan fingerprint density at radius 3 is 2.89 bits per heavy atom. The lowest BCUT2D eigenvalue weighted by atomic mass is 10.2. The van der Waals surface area contributed by atoms with Gasteiger partial charge in [0, 0.05) is 23.5 Å². The first kappa shape index (κ1) is 19.6. The van der Waals surface area contributed by atoms with Crippen molar-refractivity contribution < 1.29 is 8.78 Å². The first-order valence-corrected chi connectivity index (χ1v) is 11.1. The highest BCUT2D eigenvalue weighted by atomic mass is 32.2. The van der Waals surface area contributed by atoms with Crippen molar-refractivity contribution in [3.63, 3.8) is 0 Å². The van der Waals surface area contributed by atoms with Gasteiger partial charge in [0.25, 0.3) is 5.56 Å². The Bertz CT molecular complexity index is 884. The van der Waals surface area contributed by atoms with Crippen molar-refractivity contribution in [1.82, 2.24) is 15.3 Å². The minimum absolute atomic E-state index is 0.00629. The number of H-pyrrole nitrogens is 1. The number of hydrogen-bond acceptors (Lipinski definition) is 5. The lowest BCUT2D eigenvalue weighted by molar-refractivity contribution is 0.317. The average Bonchev–Trinajstić information content (AvgIpc) is 3.06. The second-order valence-electron chi connectivity index (χ2n) is 7.75. The second-order valence-corrected chi connectivity index (χ2v) is 9.04. The van der Waals surface area contributed by atoms with Crippen LogP contribution in [0.1, 0.15) is 44.3 Å². The van der Waals surface area contributed by atoms with Crippen LogP contribution in [0.25, 0.3) is 10.9 Å². The molecule has 2 fully saturated rings. The summed E-state index contributed by atoms with van der Waals surface area (Å²) in [6.07, 6.45) is 5.06. The molecule has 0 unspecified atom stereocenters. The van der Waals surface area contributed by atoms with Crippen molar-refractivity contribution >= 4 is 28.4 Å². The maximum Gasteiger partial charge on any atom is 0.261 e. The average molecular weight is 409 g/mol. The summed E-state index contributed by atoms with van der Waals surface area (Å²) < 4.78 is 28.3. The topological polar surface area (TPSA) is 69.8 Å². The van der Waals surface area contributed by atoms with Crippen molar-refractivity contribution in [2.45, 2.75) is 61.7 Å². The fourth-order valence-electron chi connectivity index (χ4n) is 4.09. The predicted molar refractivity (Wildman–Crippen MR) is 110 cm³/mol. The van der Waals surface area contributed by atoms with Gasteiger partial charge in [0.1, 0.15) is 23.2 Å². The molecule has 1 saturated heterocycles. The fourth-order valence-corrected chi connectivity index (χ4v) is 5.25. The summed E-state index contributed by atoms with van der Waals surface area (Å²) >= 11 is 1.60. The molecule has 1 aromatic heterocycles. The summed E-state index contributed by atoms with van der Waals surface area (Å²) in [7, 11) is 0. The molecule has 3 N–H and O–H groups in total. The van der Waals surface area contributed by atoms with Gasteiger partial charge in [0.15, 0.2) is 0 Å². The number of nitrogens with zero attached hydrogens (tertiary/aromatic N) is 1. The molecule has 28 heavy (non-hydrogen) atoms. The van der Waals surface area contributed by atoms with Crippen molar-refractivity contribution in [3.05, 3.63) is 34.1 Å². The standard InChI is InChI=1S/C20H26F2N4OS/c21-12-7-15(5-6-23-10-12)28-11-18-25-17-9-14(24-13-3-1-2-4-13)8-16(22)19(17)20(27)26-18/h8-9,12-13,15,23-24H,1-7,10-11H2,(H,25,26,27)/t12-,15+/m1/s1. The molecule has 152 valence electrons. The van der Waals surface area contributed by atoms with Crippen LogP contribution in [0.4, 0.5) is 14.5 Å². The number of aromatic amines is 1. The summed E-state index contributed by atoms with van der Waals surface area (Å²) in [5.74, 6) is 0.429. The largest absolute Gasteiger partial charge is 0.382 e. The Kier molecular flexibility index (Phi) is 6.16. The van der Waals surface area contributed by atoms with Crippen LogP contribution in [0.2, 0.25) is 0 Å². The molecule has 0 amide bonds. The summed E-state index contributed by atoms with van der Waals surface area (Å²) in [5, 5.41) is 6.62. The predicted octanol–water partition coefficient (Wildman–Crippen LogP) is 3.74. The van der Waals surface area contributed by atoms with E-state index in [9.17, 15) is 13.6 Å². The van der Waals surface area contributed by atoms with Gasteiger partial charge >= 0.3 is 0 Å². The maximum atomic E-state index is 14.5. The summed E-state index contributed by atoms with van der Waals surface area (Å²) in [4.78, 5) is 19.6. The third-order valence-corrected chi connectivity index (χ3v) is 6.86. The number of nitrogens with one attached hydrogen (secondary N) is 3. The number of thioether (sulfide) groups is 1. The number of benzene rings is 1. The molecule has 5 nitrogen and oxygen atoms in total. The minimum Gasteiger partial charge on any atom is -0.382 e. The molecule has 0 bridgehead atoms. The number of halogens is 2. The number of alkyl halides is 1. The van der Waals surface area contributed by atoms with Crippen LogP contribution < -0.4 is 16.2 Å². The molecule has 8 heteroatoms. The lowest BCUT2D eigenvalue weighted by Gasteiger charge is -2.15. The minimum atomic E-state index is -0.845. The Balaban J connectivity index is 1.53. The summed E-state index contributed by atoms with van der Waals surface area (Å²) in [5.41, 5.74) is 0.575. The molecule has 1 aliphatic carbocycles. The van der Waals surface area contributed by atoms with Gasteiger partial charge in [0.05, 0.1) is 11.3 Å². The molecule has 0 spiro atoms. The molecular weight excluding hydrogens is 382 g/mol. The van der Waals surface area contributed by atoms with Crippen LogP contribution in [-0.2, 0) is 5.75 Å². The van der Waals surface area contributed by atoms with Crippen LogP contribution in [0, 0.1) is 5.82 Å². The normalized spacial score (nSPS) is 23.8. The van der Waals surface area contributed by atoms with E-state index in [-0.39, 0.29) is 10.6 Å². The molecule has 4 rings (SSSR count). The Morgan fingerprint density at radius 1 is 1.25 bits per heavy atom. The van der Waals surface area contributed by atoms with Gasteiger partial charge in [-0.15, -0.1) is 0 Å². The van der Waals surface area contributed by atoms with Crippen molar-refractivity contribution in [1.29, 1.82) is 0 Å². The van der Waals surface area contributed by atoms with E-state index >= 15 is 0 Å². The maximum absolute atomic E-state index is 14.5. The van der Waals surface area contributed by atoms with Gasteiger partial charge in [-0.2, -0.15) is 11.8 Å². The summed E-state index contributed by atoms with van der Waals surface area (Å²) in [6.45, 7) is 1.19. The molecule has 1 saturated carbocycles. The fraction of sp³-hybridized carbons (Fsp3) is 0.600. The van der Waals surface area contributed by atoms with E-state index < -0.39 is 17.5 Å². The quantitative estimate of drug-likeness (QED) is 0.703. The second kappa shape index (κ2) is 8.78. The number of hydrogen-bond donors (Lipinski definition) is 3. The highest BCUT2D eigenvalue weighted by Crippen LogP contribution is 2.27. The summed E-state index contributed by atoms with van der Waals surface area (Å²) in [6, 6.07) is 3.49. The van der Waals surface area contributed by atoms with E-state index in [1.54, 1.807) is 17.8 Å². The molecule has 2 aliphatic rings. The SMILES string of the molecule is O=c1[nH]c(CS[C@H]2CCNC[C@H](F)C2)nc2cc(NC3CCCC3)cc(F)c12. The van der Waals surface area contributed by atoms with Gasteiger partial charge in [-0.1, -0.05) is 12.8 Å². The molecule has 2 aromatic rings. The number of aromatic nitrogens is 2. The third-order valence-electron chi connectivity index (χ3n) is 5.52. The van der Waals surface area contributed by atoms with Gasteiger partial charge in [-0.3, -0.25) is 4.79 Å². The third kappa shape index (κ3) is 4.66. The van der Waals surface area contributed by atoms with E-state index in [0.717, 1.165) is 25.8 Å². The smallest absolute Gasteiger partial charge is 0.261 e. The van der Waals surface area contributed by atoms with E-state index in [1.807, 2.05) is 0 Å². The molecule has 0 radical (unpaired) electrons. The molecule has 1 aliphatic heterocycles. The van der Waals surface area contributed by atoms with Crippen LogP contribution in [0.5, 0.6) is 0 Å². The number of anilines is 1. The zero-order chi connectivity index (χ0) is 19.5. The first-order chi connectivity index (χ1) is 13.6. The Labute approximate surface area is 167 Å². The number of fused-ring (bicyclic) bond motifs is 1. The van der Waals surface area contributed by atoms with Crippen molar-refractivity contribution in [2.24, 2.45) is 0 Å². The molecule has 2 atom stereocenters. The van der Waals surface area contributed by atoms with Crippen LogP contribution in [0.3, 0.4) is 0 Å². The lowest BCUT2D eigenvalue weighted by Crippen LogP contribution is -2.21. The van der Waals surface area contributed by atoms with Crippen LogP contribution in [0.15, 0.2) is 16.9 Å². The van der Waals surface area contributed by atoms with E-state index in [0.29, 0.717) is 41.8 Å². The number of rotatable bonds is 5.